The zero-order valence-electron chi connectivity index (χ0n) is 42.8. The van der Waals surface area contributed by atoms with Gasteiger partial charge >= 0.3 is 33.3 Å². The Bertz CT molecular complexity index is 2070. The number of carbonyl (C=O) groups is 2. The van der Waals surface area contributed by atoms with Crippen LogP contribution in [0.25, 0.3) is 0 Å². The Kier molecular flexibility index (Phi) is 35.0. The predicted molar refractivity (Wildman–Crippen MR) is 281 cm³/mol. The topological polar surface area (TPSA) is 286 Å². The maximum Gasteiger partial charge on any atom is 0.481 e. The molecule has 7 N–H and O–H groups in total. The van der Waals surface area contributed by atoms with Crippen LogP contribution in [0.3, 0.4) is 0 Å². The van der Waals surface area contributed by atoms with E-state index in [2.05, 4.69) is 47.4 Å². The van der Waals surface area contributed by atoms with Gasteiger partial charge in [0.1, 0.15) is 30.7 Å². The molecule has 2 unspecified atom stereocenters. The maximum absolute atomic E-state index is 12.8. The highest BCUT2D eigenvalue weighted by Crippen LogP contribution is 2.60. The molecule has 8 atom stereocenters. The fourth-order valence-corrected chi connectivity index (χ4v) is 9.10. The van der Waals surface area contributed by atoms with Gasteiger partial charge in [0.25, 0.3) is 0 Å². The summed E-state index contributed by atoms with van der Waals surface area (Å²) in [4.78, 5) is 61.9. The summed E-state index contributed by atoms with van der Waals surface area (Å²) < 4.78 is 56.6. The van der Waals surface area contributed by atoms with E-state index in [1.54, 1.807) is 0 Å². The Hall–Kier alpha value is -4.10. The number of ether oxygens (including phenoxy) is 3. The Morgan fingerprint density at radius 1 is 0.712 bits per heavy atom. The quantitative estimate of drug-likeness (QED) is 0.0154. The van der Waals surface area contributed by atoms with E-state index in [4.69, 9.17) is 29.0 Å². The first kappa shape index (κ1) is 65.0. The van der Waals surface area contributed by atoms with E-state index in [9.17, 15) is 48.6 Å². The van der Waals surface area contributed by atoms with Crippen molar-refractivity contribution in [3.8, 4) is 0 Å². The average Bonchev–Trinajstić information content (AvgIpc) is 3.62. The van der Waals surface area contributed by atoms with Crippen molar-refractivity contribution >= 4 is 33.4 Å². The molecule has 1 aliphatic heterocycles. The number of hydrogen-bond acceptors (Lipinski definition) is 16. The van der Waals surface area contributed by atoms with E-state index < -0.39 is 89.8 Å². The van der Waals surface area contributed by atoms with Crippen LogP contribution < -0.4 is 11.4 Å². The molecule has 1 aromatic heterocycles. The van der Waals surface area contributed by atoms with Crippen LogP contribution >= 0.6 is 15.6 Å². The molecule has 1 saturated heterocycles. The van der Waals surface area contributed by atoms with Crippen LogP contribution in [0.5, 0.6) is 0 Å². The van der Waals surface area contributed by atoms with Gasteiger partial charge in [0.05, 0.1) is 19.3 Å². The first-order valence-corrected chi connectivity index (χ1v) is 28.7. The Balaban J connectivity index is 1.86. The predicted octanol–water partition coefficient (Wildman–Crippen LogP) is 9.64. The lowest BCUT2D eigenvalue weighted by Gasteiger charge is -2.21. The molecule has 0 amide bonds. The van der Waals surface area contributed by atoms with Crippen molar-refractivity contribution in [2.45, 2.75) is 185 Å². The molecule has 2 rings (SSSR count). The second kappa shape index (κ2) is 39.3. The number of esters is 2. The molecule has 21 heteroatoms. The van der Waals surface area contributed by atoms with E-state index >= 15 is 0 Å². The standard InChI is InChI=1S/C52H83N3O16P2/c1-3-5-7-8-9-10-11-12-13-14-15-16-20-23-26-29-32-36-47(57)66-40-44(69-48(58)37-33-30-27-24-21-18-17-19-22-25-28-31-35-43(56)34-6-4-2)41-67-72(62,63)71-73(64,65)68-42-45-49(59)50(60)51(70-45)55-39-38-46(53)54-52(55)61/h12-13,15-18,22-27,31,35,38-39,43-45,49-51,56,59-60H,3-11,14,19-21,28-30,32-34,36-37,40-42H2,1-2H3,(H,62,63)(H,64,65)(H2,53,54,61)/b13-12-,16-15-,18-17-,25-22-,26-23-,27-24-,35-31-/t43-,44-,45-,49-,50-,51-/m1/s1. The minimum Gasteiger partial charge on any atom is -0.462 e. The highest BCUT2D eigenvalue weighted by molar-refractivity contribution is 7.61. The number of anilines is 1. The Morgan fingerprint density at radius 3 is 1.82 bits per heavy atom. The third-order valence-electron chi connectivity index (χ3n) is 11.0. The number of rotatable bonds is 41. The minimum absolute atomic E-state index is 0.0311. The summed E-state index contributed by atoms with van der Waals surface area (Å²) in [5, 5.41) is 30.8. The lowest BCUT2D eigenvalue weighted by Crippen LogP contribution is -2.36. The number of nitrogens with zero attached hydrogens (tertiary/aromatic N) is 2. The lowest BCUT2D eigenvalue weighted by molar-refractivity contribution is -0.161. The number of phosphoric ester groups is 2. The number of aliphatic hydroxyl groups is 3. The summed E-state index contributed by atoms with van der Waals surface area (Å²) in [5.74, 6) is -1.46. The third-order valence-corrected chi connectivity index (χ3v) is 13.6. The van der Waals surface area contributed by atoms with Gasteiger partial charge in [0, 0.05) is 19.0 Å². The van der Waals surface area contributed by atoms with Gasteiger partial charge in [-0.3, -0.25) is 23.2 Å². The van der Waals surface area contributed by atoms with Gasteiger partial charge in [0.15, 0.2) is 12.3 Å². The van der Waals surface area contributed by atoms with Gasteiger partial charge in [-0.05, 0) is 83.1 Å². The molecule has 1 aromatic rings. The van der Waals surface area contributed by atoms with Gasteiger partial charge in [-0.25, -0.2) is 13.9 Å². The fraction of sp³-hybridized carbons (Fsp3) is 0.615. The zero-order valence-corrected chi connectivity index (χ0v) is 44.6. The monoisotopic (exact) mass is 1070 g/mol. The summed E-state index contributed by atoms with van der Waals surface area (Å²) in [5.41, 5.74) is 4.57. The van der Waals surface area contributed by atoms with Crippen molar-refractivity contribution in [3.05, 3.63) is 108 Å². The number of carbonyl (C=O) groups excluding carboxylic acids is 2. The van der Waals surface area contributed by atoms with Crippen LogP contribution in [0.4, 0.5) is 5.82 Å². The third kappa shape index (κ3) is 32.1. The molecular weight excluding hydrogens is 985 g/mol. The van der Waals surface area contributed by atoms with Crippen molar-refractivity contribution in [1.82, 2.24) is 9.55 Å². The van der Waals surface area contributed by atoms with Crippen molar-refractivity contribution in [3.63, 3.8) is 0 Å². The van der Waals surface area contributed by atoms with Gasteiger partial charge in [-0.2, -0.15) is 9.29 Å². The van der Waals surface area contributed by atoms with Crippen molar-refractivity contribution in [2.24, 2.45) is 0 Å². The van der Waals surface area contributed by atoms with Crippen LogP contribution in [0.2, 0.25) is 0 Å². The average molecular weight is 1070 g/mol. The normalized spacial score (nSPS) is 20.1. The van der Waals surface area contributed by atoms with Crippen molar-refractivity contribution < 1.29 is 71.4 Å². The molecular formula is C52H83N3O16P2. The fourth-order valence-electron chi connectivity index (χ4n) is 6.99. The van der Waals surface area contributed by atoms with Crippen LogP contribution in [0.15, 0.2) is 102 Å². The molecule has 19 nitrogen and oxygen atoms in total. The van der Waals surface area contributed by atoms with Crippen LogP contribution in [-0.4, -0.2) is 96.9 Å². The number of phosphoric acid groups is 2. The second-order valence-electron chi connectivity index (χ2n) is 17.5. The summed E-state index contributed by atoms with van der Waals surface area (Å²) >= 11 is 0. The molecule has 0 aliphatic carbocycles. The zero-order chi connectivity index (χ0) is 53.6. The van der Waals surface area contributed by atoms with Gasteiger partial charge in [0.2, 0.25) is 0 Å². The molecule has 0 aromatic carbocycles. The number of nitrogen functional groups attached to an aromatic ring is 1. The highest BCUT2D eigenvalue weighted by Gasteiger charge is 2.46. The molecule has 1 fully saturated rings. The SMILES string of the molecule is CCCCCCCC/C=C\C/C=C\C/C=C\CCCC(=O)OC[C@H](COP(=O)(O)OP(=O)(O)OC[C@H]1O[C@@H](n2ccc(N)nc2=O)[C@H](O)[C@@H]1O)OC(=O)CCC/C=C\C/C=C\C/C=C\C/C=C\[C@H](O)CCCC. The second-order valence-corrected chi connectivity index (χ2v) is 20.5. The van der Waals surface area contributed by atoms with E-state index in [1.165, 1.54) is 44.6 Å². The lowest BCUT2D eigenvalue weighted by atomic mass is 10.1. The Morgan fingerprint density at radius 2 is 1.23 bits per heavy atom. The molecule has 0 saturated carbocycles. The van der Waals surface area contributed by atoms with Crippen molar-refractivity contribution in [2.75, 3.05) is 25.6 Å². The molecule has 2 heterocycles. The number of unbranched alkanes of at least 4 members (excludes halogenated alkanes) is 9. The largest absolute Gasteiger partial charge is 0.481 e. The maximum atomic E-state index is 12.8. The first-order valence-electron chi connectivity index (χ1n) is 25.7. The molecule has 0 bridgehead atoms. The highest BCUT2D eigenvalue weighted by atomic mass is 31.3. The van der Waals surface area contributed by atoms with E-state index in [-0.39, 0.29) is 18.7 Å². The molecule has 0 radical (unpaired) electrons. The van der Waals surface area contributed by atoms with E-state index in [1.807, 2.05) is 60.8 Å². The number of hydrogen-bond donors (Lipinski definition) is 6. The van der Waals surface area contributed by atoms with Gasteiger partial charge in [-0.1, -0.05) is 144 Å². The van der Waals surface area contributed by atoms with Gasteiger partial charge in [-0.15, -0.1) is 0 Å². The van der Waals surface area contributed by atoms with E-state index in [0.29, 0.717) is 32.1 Å². The van der Waals surface area contributed by atoms with E-state index in [0.717, 1.165) is 62.1 Å². The summed E-state index contributed by atoms with van der Waals surface area (Å²) in [7, 11) is -10.9. The molecule has 0 spiro atoms. The van der Waals surface area contributed by atoms with Crippen molar-refractivity contribution in [1.29, 1.82) is 0 Å². The smallest absolute Gasteiger partial charge is 0.462 e. The summed E-state index contributed by atoms with van der Waals surface area (Å²) in [6.07, 6.45) is 38.7. The minimum atomic E-state index is -5.46. The van der Waals surface area contributed by atoms with Crippen LogP contribution in [0, 0.1) is 0 Å². The molecule has 1 aliphatic rings. The summed E-state index contributed by atoms with van der Waals surface area (Å²) in [6.45, 7) is 1.88. The molecule has 412 valence electrons. The first-order chi connectivity index (χ1) is 35.1. The van der Waals surface area contributed by atoms with Crippen LogP contribution in [-0.2, 0) is 46.3 Å². The number of allylic oxidation sites excluding steroid dienone is 13. The molecule has 73 heavy (non-hydrogen) atoms. The number of nitrogens with two attached hydrogens (primary N) is 1. The number of aliphatic hydroxyl groups excluding tert-OH is 3. The Labute approximate surface area is 431 Å². The van der Waals surface area contributed by atoms with Gasteiger partial charge < -0.3 is 45.1 Å². The summed E-state index contributed by atoms with van der Waals surface area (Å²) in [6, 6.07) is 1.24. The van der Waals surface area contributed by atoms with Crippen LogP contribution in [0.1, 0.15) is 155 Å². The number of aromatic nitrogens is 2.